The van der Waals surface area contributed by atoms with Crippen molar-refractivity contribution in [3.8, 4) is 0 Å². The van der Waals surface area contributed by atoms with Crippen molar-refractivity contribution in [2.24, 2.45) is 16.6 Å². The molecule has 0 atom stereocenters. The zero-order valence-corrected chi connectivity index (χ0v) is 8.73. The topological polar surface area (TPSA) is 85.7 Å². The summed E-state index contributed by atoms with van der Waals surface area (Å²) < 4.78 is 5.08. The lowest BCUT2D eigenvalue weighted by Gasteiger charge is -2.06. The molecule has 5 N–H and O–H groups in total. The molecular formula is C10H16N4O. The fourth-order valence-corrected chi connectivity index (χ4v) is 1.22. The number of aliphatic imine (C=N–C) groups is 1. The lowest BCUT2D eigenvalue weighted by atomic mass is 10.1. The van der Waals surface area contributed by atoms with Crippen molar-refractivity contribution in [1.29, 1.82) is 0 Å². The molecule has 1 aromatic rings. The summed E-state index contributed by atoms with van der Waals surface area (Å²) in [6.45, 7) is 1.07. The van der Waals surface area contributed by atoms with E-state index in [9.17, 15) is 0 Å². The molecule has 0 saturated carbocycles. The van der Waals surface area contributed by atoms with E-state index in [0.717, 1.165) is 11.1 Å². The molecule has 1 rings (SSSR count). The SMILES string of the molecule is COCc1ccccc1CN=C(N)NN. The van der Waals surface area contributed by atoms with Crippen LogP contribution in [0.5, 0.6) is 0 Å². The van der Waals surface area contributed by atoms with Crippen LogP contribution in [0.25, 0.3) is 0 Å². The summed E-state index contributed by atoms with van der Waals surface area (Å²) >= 11 is 0. The summed E-state index contributed by atoms with van der Waals surface area (Å²) in [5.41, 5.74) is 9.90. The first-order chi connectivity index (χ1) is 7.27. The Morgan fingerprint density at radius 2 is 2.07 bits per heavy atom. The first-order valence-corrected chi connectivity index (χ1v) is 4.60. The third-order valence-corrected chi connectivity index (χ3v) is 1.99. The molecule has 82 valence electrons. The molecule has 0 radical (unpaired) electrons. The van der Waals surface area contributed by atoms with Crippen molar-refractivity contribution in [2.45, 2.75) is 13.2 Å². The summed E-state index contributed by atoms with van der Waals surface area (Å²) in [4.78, 5) is 4.06. The Morgan fingerprint density at radius 3 is 2.67 bits per heavy atom. The number of guanidine groups is 1. The average molecular weight is 208 g/mol. The number of hydrogen-bond acceptors (Lipinski definition) is 3. The van der Waals surface area contributed by atoms with Crippen molar-refractivity contribution in [2.75, 3.05) is 7.11 Å². The number of nitrogens with two attached hydrogens (primary N) is 2. The molecule has 0 bridgehead atoms. The van der Waals surface area contributed by atoms with E-state index in [1.165, 1.54) is 0 Å². The molecule has 0 unspecified atom stereocenters. The van der Waals surface area contributed by atoms with Gasteiger partial charge in [-0.1, -0.05) is 24.3 Å². The Labute approximate surface area is 89.1 Å². The zero-order chi connectivity index (χ0) is 11.1. The molecule has 0 fully saturated rings. The predicted octanol–water partition coefficient (Wildman–Crippen LogP) is 0.111. The molecule has 5 heteroatoms. The quantitative estimate of drug-likeness (QED) is 0.284. The normalized spacial score (nSPS) is 11.5. The van der Waals surface area contributed by atoms with E-state index in [1.807, 2.05) is 24.3 Å². The summed E-state index contributed by atoms with van der Waals surface area (Å²) in [6, 6.07) is 7.91. The van der Waals surface area contributed by atoms with Gasteiger partial charge in [-0.25, -0.2) is 10.8 Å². The lowest BCUT2D eigenvalue weighted by Crippen LogP contribution is -2.37. The van der Waals surface area contributed by atoms with Crippen molar-refractivity contribution in [3.63, 3.8) is 0 Å². The van der Waals surface area contributed by atoms with Gasteiger partial charge in [0.15, 0.2) is 0 Å². The molecule has 15 heavy (non-hydrogen) atoms. The highest BCUT2D eigenvalue weighted by Gasteiger charge is 2.00. The maximum Gasteiger partial charge on any atom is 0.203 e. The first-order valence-electron chi connectivity index (χ1n) is 4.60. The minimum atomic E-state index is 0.224. The van der Waals surface area contributed by atoms with Gasteiger partial charge in [0.2, 0.25) is 5.96 Å². The molecule has 0 heterocycles. The molecule has 0 aliphatic rings. The molecule has 0 aliphatic heterocycles. The lowest BCUT2D eigenvalue weighted by molar-refractivity contribution is 0.184. The second-order valence-corrected chi connectivity index (χ2v) is 3.05. The number of methoxy groups -OCH3 is 1. The minimum Gasteiger partial charge on any atom is -0.380 e. The Bertz CT molecular complexity index is 338. The van der Waals surface area contributed by atoms with E-state index in [0.29, 0.717) is 13.2 Å². The summed E-state index contributed by atoms with van der Waals surface area (Å²) in [5, 5.41) is 0. The van der Waals surface area contributed by atoms with Gasteiger partial charge in [-0.2, -0.15) is 0 Å². The number of rotatable bonds is 4. The van der Waals surface area contributed by atoms with Gasteiger partial charge in [0.05, 0.1) is 13.2 Å². The number of nitrogens with zero attached hydrogens (tertiary/aromatic N) is 1. The van der Waals surface area contributed by atoms with Crippen LogP contribution in [0, 0.1) is 0 Å². The monoisotopic (exact) mass is 208 g/mol. The van der Waals surface area contributed by atoms with E-state index in [-0.39, 0.29) is 5.96 Å². The van der Waals surface area contributed by atoms with E-state index in [4.69, 9.17) is 16.3 Å². The van der Waals surface area contributed by atoms with Crippen molar-refractivity contribution in [1.82, 2.24) is 5.43 Å². The second kappa shape index (κ2) is 6.00. The van der Waals surface area contributed by atoms with Crippen LogP contribution >= 0.6 is 0 Å². The first kappa shape index (κ1) is 11.5. The van der Waals surface area contributed by atoms with Gasteiger partial charge in [-0.05, 0) is 11.1 Å². The van der Waals surface area contributed by atoms with E-state index in [2.05, 4.69) is 10.4 Å². The van der Waals surface area contributed by atoms with Gasteiger partial charge in [-0.3, -0.25) is 5.43 Å². The highest BCUT2D eigenvalue weighted by molar-refractivity contribution is 5.77. The summed E-state index contributed by atoms with van der Waals surface area (Å²) in [6.07, 6.45) is 0. The predicted molar refractivity (Wildman–Crippen MR) is 59.8 cm³/mol. The smallest absolute Gasteiger partial charge is 0.203 e. The van der Waals surface area contributed by atoms with Crippen LogP contribution in [0.4, 0.5) is 0 Å². The highest BCUT2D eigenvalue weighted by Crippen LogP contribution is 2.10. The van der Waals surface area contributed by atoms with E-state index in [1.54, 1.807) is 7.11 Å². The maximum atomic E-state index is 5.43. The van der Waals surface area contributed by atoms with Crippen LogP contribution in [-0.2, 0) is 17.9 Å². The molecule has 0 aromatic heterocycles. The molecule has 0 saturated heterocycles. The molecular weight excluding hydrogens is 192 g/mol. The maximum absolute atomic E-state index is 5.43. The Balaban J connectivity index is 2.75. The fraction of sp³-hybridized carbons (Fsp3) is 0.300. The summed E-state index contributed by atoms with van der Waals surface area (Å²) in [5.74, 6) is 5.33. The van der Waals surface area contributed by atoms with Gasteiger partial charge >= 0.3 is 0 Å². The molecule has 0 aliphatic carbocycles. The Morgan fingerprint density at radius 1 is 1.40 bits per heavy atom. The highest BCUT2D eigenvalue weighted by atomic mass is 16.5. The Kier molecular flexibility index (Phi) is 4.59. The molecule has 5 nitrogen and oxygen atoms in total. The standard InChI is InChI=1S/C10H16N4O/c1-15-7-9-5-3-2-4-8(9)6-13-10(11)14-12/h2-5H,6-7,12H2,1H3,(H3,11,13,14). The van der Waals surface area contributed by atoms with E-state index >= 15 is 0 Å². The number of hydrogen-bond donors (Lipinski definition) is 3. The average Bonchev–Trinajstić information content (AvgIpc) is 2.28. The van der Waals surface area contributed by atoms with Gasteiger partial charge in [-0.15, -0.1) is 0 Å². The van der Waals surface area contributed by atoms with Crippen LogP contribution in [0.3, 0.4) is 0 Å². The molecule has 1 aromatic carbocycles. The number of benzene rings is 1. The Hall–Kier alpha value is -1.59. The molecule has 0 amide bonds. The largest absolute Gasteiger partial charge is 0.380 e. The molecule has 0 spiro atoms. The van der Waals surface area contributed by atoms with Crippen molar-refractivity contribution in [3.05, 3.63) is 35.4 Å². The second-order valence-electron chi connectivity index (χ2n) is 3.05. The third kappa shape index (κ3) is 3.57. The van der Waals surface area contributed by atoms with Gasteiger partial charge in [0, 0.05) is 7.11 Å². The van der Waals surface area contributed by atoms with Crippen LogP contribution in [0.2, 0.25) is 0 Å². The number of hydrazine groups is 1. The fourth-order valence-electron chi connectivity index (χ4n) is 1.22. The third-order valence-electron chi connectivity index (χ3n) is 1.99. The zero-order valence-electron chi connectivity index (χ0n) is 8.73. The van der Waals surface area contributed by atoms with E-state index < -0.39 is 0 Å². The van der Waals surface area contributed by atoms with Gasteiger partial charge in [0.25, 0.3) is 0 Å². The van der Waals surface area contributed by atoms with Crippen LogP contribution in [0.15, 0.2) is 29.3 Å². The van der Waals surface area contributed by atoms with Crippen molar-refractivity contribution < 1.29 is 4.74 Å². The summed E-state index contributed by atoms with van der Waals surface area (Å²) in [7, 11) is 1.66. The van der Waals surface area contributed by atoms with Crippen LogP contribution < -0.4 is 17.0 Å². The number of ether oxygens (including phenoxy) is 1. The van der Waals surface area contributed by atoms with Crippen LogP contribution in [0.1, 0.15) is 11.1 Å². The number of nitrogens with one attached hydrogen (secondary N) is 1. The van der Waals surface area contributed by atoms with Gasteiger partial charge < -0.3 is 10.5 Å². The van der Waals surface area contributed by atoms with Gasteiger partial charge in [0.1, 0.15) is 0 Å². The van der Waals surface area contributed by atoms with Crippen molar-refractivity contribution >= 4 is 5.96 Å². The minimum absolute atomic E-state index is 0.224. The van der Waals surface area contributed by atoms with Crippen LogP contribution in [-0.4, -0.2) is 13.1 Å².